The van der Waals surface area contributed by atoms with Crippen molar-refractivity contribution in [1.29, 1.82) is 5.26 Å². The Labute approximate surface area is 91.4 Å². The smallest absolute Gasteiger partial charge is 0.117 e. The molecule has 0 saturated carbocycles. The molecule has 0 amide bonds. The van der Waals surface area contributed by atoms with Crippen LogP contribution in [0, 0.1) is 11.3 Å². The molecule has 0 radical (unpaired) electrons. The summed E-state index contributed by atoms with van der Waals surface area (Å²) in [5, 5.41) is 9.06. The molecule has 0 aliphatic heterocycles. The minimum Gasteiger partial charge on any atom is -0.364 e. The molecular weight excluding hydrogens is 184 g/mol. The van der Waals surface area contributed by atoms with Gasteiger partial charge in [0, 0.05) is 13.1 Å². The van der Waals surface area contributed by atoms with Crippen LogP contribution in [0.1, 0.15) is 19.4 Å². The van der Waals surface area contributed by atoms with Crippen LogP contribution in [-0.4, -0.2) is 18.0 Å². The van der Waals surface area contributed by atoms with Gasteiger partial charge < -0.3 is 4.90 Å². The lowest BCUT2D eigenvalue weighted by molar-refractivity contribution is 0.400. The van der Waals surface area contributed by atoms with Crippen molar-refractivity contribution in [3.8, 4) is 6.07 Å². The third-order valence-electron chi connectivity index (χ3n) is 2.32. The van der Waals surface area contributed by atoms with Gasteiger partial charge in [0.1, 0.15) is 11.8 Å². The zero-order valence-corrected chi connectivity index (χ0v) is 9.27. The first-order valence-electron chi connectivity index (χ1n) is 5.23. The molecule has 0 fully saturated rings. The molecule has 0 N–H and O–H groups in total. The van der Waals surface area contributed by atoms with E-state index in [0.717, 1.165) is 24.4 Å². The van der Waals surface area contributed by atoms with E-state index in [1.165, 1.54) is 0 Å². The molecule has 78 valence electrons. The molecule has 0 bridgehead atoms. The maximum atomic E-state index is 9.06. The molecule has 2 nitrogen and oxygen atoms in total. The Morgan fingerprint density at radius 2 is 1.87 bits per heavy atom. The molecule has 0 unspecified atom stereocenters. The van der Waals surface area contributed by atoms with Crippen LogP contribution >= 0.6 is 0 Å². The second-order valence-electron chi connectivity index (χ2n) is 3.22. The van der Waals surface area contributed by atoms with Crippen LogP contribution in [0.3, 0.4) is 0 Å². The first kappa shape index (κ1) is 11.3. The molecule has 15 heavy (non-hydrogen) atoms. The van der Waals surface area contributed by atoms with Gasteiger partial charge >= 0.3 is 0 Å². The Hall–Kier alpha value is -1.75. The van der Waals surface area contributed by atoms with Gasteiger partial charge in [-0.3, -0.25) is 0 Å². The number of hydrogen-bond donors (Lipinski definition) is 0. The second-order valence-corrected chi connectivity index (χ2v) is 3.22. The highest BCUT2D eigenvalue weighted by Gasteiger charge is 2.03. The molecular formula is C13H16N2. The van der Waals surface area contributed by atoms with E-state index in [9.17, 15) is 0 Å². The lowest BCUT2D eigenvalue weighted by Crippen LogP contribution is -2.21. The number of benzene rings is 1. The van der Waals surface area contributed by atoms with Gasteiger partial charge in [0.2, 0.25) is 0 Å². The van der Waals surface area contributed by atoms with E-state index in [0.29, 0.717) is 0 Å². The van der Waals surface area contributed by atoms with Crippen LogP contribution in [0.25, 0.3) is 6.08 Å². The summed E-state index contributed by atoms with van der Waals surface area (Å²) in [6.45, 7) is 5.84. The van der Waals surface area contributed by atoms with Gasteiger partial charge in [-0.05, 0) is 25.5 Å². The van der Waals surface area contributed by atoms with Crippen molar-refractivity contribution in [1.82, 2.24) is 4.90 Å². The largest absolute Gasteiger partial charge is 0.364 e. The fourth-order valence-corrected chi connectivity index (χ4v) is 1.47. The van der Waals surface area contributed by atoms with Crippen LogP contribution in [0.15, 0.2) is 36.0 Å². The topological polar surface area (TPSA) is 27.0 Å². The number of nitriles is 1. The third-order valence-corrected chi connectivity index (χ3v) is 2.32. The predicted octanol–water partition coefficient (Wildman–Crippen LogP) is 2.89. The lowest BCUT2D eigenvalue weighted by Gasteiger charge is -2.19. The minimum absolute atomic E-state index is 0.728. The van der Waals surface area contributed by atoms with Crippen LogP contribution in [0.5, 0.6) is 0 Å². The van der Waals surface area contributed by atoms with Crippen molar-refractivity contribution in [2.45, 2.75) is 13.8 Å². The monoisotopic (exact) mass is 200 g/mol. The highest BCUT2D eigenvalue weighted by atomic mass is 15.1. The number of allylic oxidation sites excluding steroid dienone is 1. The van der Waals surface area contributed by atoms with E-state index >= 15 is 0 Å². The van der Waals surface area contributed by atoms with Crippen LogP contribution in [-0.2, 0) is 0 Å². The predicted molar refractivity (Wildman–Crippen MR) is 63.0 cm³/mol. The summed E-state index contributed by atoms with van der Waals surface area (Å²) >= 11 is 0. The Bertz CT molecular complexity index is 356. The Morgan fingerprint density at radius 3 is 2.33 bits per heavy atom. The lowest BCUT2D eigenvalue weighted by atomic mass is 10.2. The highest BCUT2D eigenvalue weighted by Crippen LogP contribution is 2.09. The van der Waals surface area contributed by atoms with E-state index < -0.39 is 0 Å². The van der Waals surface area contributed by atoms with E-state index in [2.05, 4.69) is 19.9 Å². The fraction of sp³-hybridized carbons (Fsp3) is 0.308. The van der Waals surface area contributed by atoms with Crippen molar-refractivity contribution in [2.24, 2.45) is 0 Å². The van der Waals surface area contributed by atoms with Gasteiger partial charge in [-0.15, -0.1) is 0 Å². The zero-order chi connectivity index (χ0) is 11.1. The first-order valence-corrected chi connectivity index (χ1v) is 5.23. The quantitative estimate of drug-likeness (QED) is 0.699. The molecule has 0 spiro atoms. The SMILES string of the molecule is CCN(CC)/C(C#N)=C\c1ccccc1. The second kappa shape index (κ2) is 5.87. The van der Waals surface area contributed by atoms with Gasteiger partial charge in [-0.1, -0.05) is 30.3 Å². The van der Waals surface area contributed by atoms with Crippen molar-refractivity contribution >= 4 is 6.08 Å². The number of hydrogen-bond acceptors (Lipinski definition) is 2. The van der Waals surface area contributed by atoms with Crippen LogP contribution < -0.4 is 0 Å². The Kier molecular flexibility index (Phi) is 4.43. The summed E-state index contributed by atoms with van der Waals surface area (Å²) in [7, 11) is 0. The van der Waals surface area contributed by atoms with E-state index in [-0.39, 0.29) is 0 Å². The van der Waals surface area contributed by atoms with Crippen molar-refractivity contribution < 1.29 is 0 Å². The molecule has 0 aromatic heterocycles. The first-order chi connectivity index (χ1) is 7.31. The molecule has 2 heteroatoms. The van der Waals surface area contributed by atoms with Gasteiger partial charge in [0.25, 0.3) is 0 Å². The van der Waals surface area contributed by atoms with Crippen molar-refractivity contribution in [3.05, 3.63) is 41.6 Å². The zero-order valence-electron chi connectivity index (χ0n) is 9.27. The summed E-state index contributed by atoms with van der Waals surface area (Å²) in [5.74, 6) is 0. The van der Waals surface area contributed by atoms with Crippen LogP contribution in [0.4, 0.5) is 0 Å². The molecule has 1 aromatic rings. The molecule has 0 heterocycles. The highest BCUT2D eigenvalue weighted by molar-refractivity contribution is 5.56. The third kappa shape index (κ3) is 3.14. The fourth-order valence-electron chi connectivity index (χ4n) is 1.47. The summed E-state index contributed by atoms with van der Waals surface area (Å²) in [5.41, 5.74) is 1.80. The molecule has 0 aliphatic rings. The maximum absolute atomic E-state index is 9.06. The van der Waals surface area contributed by atoms with Crippen molar-refractivity contribution in [2.75, 3.05) is 13.1 Å². The molecule has 1 rings (SSSR count). The average molecular weight is 200 g/mol. The maximum Gasteiger partial charge on any atom is 0.117 e. The summed E-state index contributed by atoms with van der Waals surface area (Å²) < 4.78 is 0. The van der Waals surface area contributed by atoms with Crippen molar-refractivity contribution in [3.63, 3.8) is 0 Å². The molecule has 0 aliphatic carbocycles. The molecule has 0 atom stereocenters. The van der Waals surface area contributed by atoms with E-state index in [4.69, 9.17) is 5.26 Å². The van der Waals surface area contributed by atoms with E-state index in [1.54, 1.807) is 0 Å². The summed E-state index contributed by atoms with van der Waals surface area (Å²) in [6.07, 6.45) is 1.92. The van der Waals surface area contributed by atoms with E-state index in [1.807, 2.05) is 41.3 Å². The number of rotatable bonds is 4. The normalized spacial score (nSPS) is 10.9. The van der Waals surface area contributed by atoms with Gasteiger partial charge in [-0.25, -0.2) is 0 Å². The average Bonchev–Trinajstić information content (AvgIpc) is 2.30. The van der Waals surface area contributed by atoms with Crippen LogP contribution in [0.2, 0.25) is 0 Å². The standard InChI is InChI=1S/C13H16N2/c1-3-15(4-2)13(11-14)10-12-8-6-5-7-9-12/h5-10H,3-4H2,1-2H3/b13-10-. The molecule has 1 aromatic carbocycles. The Balaban J connectivity index is 2.93. The summed E-state index contributed by atoms with van der Waals surface area (Å²) in [6, 6.07) is 12.2. The van der Waals surface area contributed by atoms with Gasteiger partial charge in [0.15, 0.2) is 0 Å². The van der Waals surface area contributed by atoms with Gasteiger partial charge in [-0.2, -0.15) is 5.26 Å². The molecule has 0 saturated heterocycles. The Morgan fingerprint density at radius 1 is 1.27 bits per heavy atom. The summed E-state index contributed by atoms with van der Waals surface area (Å²) in [4.78, 5) is 2.05. The number of nitrogens with zero attached hydrogens (tertiary/aromatic N) is 2. The minimum atomic E-state index is 0.728. The van der Waals surface area contributed by atoms with Gasteiger partial charge in [0.05, 0.1) is 0 Å².